The molecule has 0 saturated carbocycles. The largest absolute Gasteiger partial charge is 0.497 e. The van der Waals surface area contributed by atoms with Gasteiger partial charge in [-0.15, -0.1) is 0 Å². The molecule has 1 aromatic carbocycles. The first-order valence-corrected chi connectivity index (χ1v) is 6.34. The van der Waals surface area contributed by atoms with Gasteiger partial charge in [0.1, 0.15) is 5.75 Å². The lowest BCUT2D eigenvalue weighted by Crippen LogP contribution is -2.43. The van der Waals surface area contributed by atoms with Crippen molar-refractivity contribution < 1.29 is 14.3 Å². The molecule has 0 radical (unpaired) electrons. The zero-order valence-corrected chi connectivity index (χ0v) is 11.0. The number of methoxy groups -OCH3 is 1. The van der Waals surface area contributed by atoms with Crippen LogP contribution in [0.3, 0.4) is 0 Å². The molecule has 2 N–H and O–H groups in total. The Morgan fingerprint density at radius 3 is 2.32 bits per heavy atom. The maximum Gasteiger partial charge on any atom is 0.229 e. The van der Waals surface area contributed by atoms with Gasteiger partial charge in [0, 0.05) is 25.4 Å². The van der Waals surface area contributed by atoms with Crippen LogP contribution in [0.15, 0.2) is 24.3 Å². The van der Waals surface area contributed by atoms with E-state index in [1.54, 1.807) is 7.11 Å². The molecule has 1 aromatic rings. The third-order valence-electron chi connectivity index (χ3n) is 3.31. The summed E-state index contributed by atoms with van der Waals surface area (Å²) in [4.78, 5) is 24.7. The molecule has 1 atom stereocenters. The maximum atomic E-state index is 11.7. The summed E-state index contributed by atoms with van der Waals surface area (Å²) >= 11 is 0. The lowest BCUT2D eigenvalue weighted by Gasteiger charge is -2.27. The van der Waals surface area contributed by atoms with Crippen LogP contribution in [0.1, 0.15) is 30.9 Å². The summed E-state index contributed by atoms with van der Waals surface area (Å²) in [7, 11) is 1.60. The van der Waals surface area contributed by atoms with E-state index >= 15 is 0 Å². The predicted molar refractivity (Wildman–Crippen MR) is 70.5 cm³/mol. The molecule has 5 nitrogen and oxygen atoms in total. The molecule has 0 bridgehead atoms. The number of hydrogen-bond donors (Lipinski definition) is 1. The SMILES string of the molecule is COc1ccc(C(N)CN2C(=O)CCCC2=O)cc1. The first kappa shape index (κ1) is 13.5. The van der Waals surface area contributed by atoms with E-state index in [1.807, 2.05) is 24.3 Å². The lowest BCUT2D eigenvalue weighted by molar-refractivity contribution is -0.148. The number of rotatable bonds is 4. The monoisotopic (exact) mass is 262 g/mol. The molecule has 1 fully saturated rings. The fourth-order valence-corrected chi connectivity index (χ4v) is 2.16. The number of carbonyl (C=O) groups excluding carboxylic acids is 2. The molecule has 2 rings (SSSR count). The molecule has 102 valence electrons. The van der Waals surface area contributed by atoms with Crippen molar-refractivity contribution in [2.45, 2.75) is 25.3 Å². The number of nitrogens with two attached hydrogens (primary N) is 1. The van der Waals surface area contributed by atoms with Crippen LogP contribution in [-0.2, 0) is 9.59 Å². The van der Waals surface area contributed by atoms with Crippen LogP contribution >= 0.6 is 0 Å². The second-order valence-electron chi connectivity index (χ2n) is 4.63. The van der Waals surface area contributed by atoms with E-state index in [9.17, 15) is 9.59 Å². The number of piperidine rings is 1. The Balaban J connectivity index is 2.04. The van der Waals surface area contributed by atoms with Crippen molar-refractivity contribution in [3.63, 3.8) is 0 Å². The average Bonchev–Trinajstić information content (AvgIpc) is 2.43. The van der Waals surface area contributed by atoms with Gasteiger partial charge in [0.25, 0.3) is 0 Å². The highest BCUT2D eigenvalue weighted by molar-refractivity contribution is 5.97. The lowest BCUT2D eigenvalue weighted by atomic mass is 10.0. The summed E-state index contributed by atoms with van der Waals surface area (Å²) in [6.45, 7) is 0.240. The molecular weight excluding hydrogens is 244 g/mol. The van der Waals surface area contributed by atoms with E-state index < -0.39 is 0 Å². The highest BCUT2D eigenvalue weighted by atomic mass is 16.5. The van der Waals surface area contributed by atoms with Crippen molar-refractivity contribution in [2.75, 3.05) is 13.7 Å². The number of hydrogen-bond acceptors (Lipinski definition) is 4. The van der Waals surface area contributed by atoms with Gasteiger partial charge in [-0.3, -0.25) is 14.5 Å². The number of imide groups is 1. The van der Waals surface area contributed by atoms with Gasteiger partial charge in [0.2, 0.25) is 11.8 Å². The Morgan fingerprint density at radius 1 is 1.21 bits per heavy atom. The van der Waals surface area contributed by atoms with Crippen molar-refractivity contribution in [2.24, 2.45) is 5.73 Å². The Kier molecular flexibility index (Phi) is 4.16. The minimum atomic E-state index is -0.364. The van der Waals surface area contributed by atoms with E-state index in [-0.39, 0.29) is 24.4 Å². The highest BCUT2D eigenvalue weighted by Crippen LogP contribution is 2.19. The number of ether oxygens (including phenoxy) is 1. The van der Waals surface area contributed by atoms with Crippen LogP contribution in [0, 0.1) is 0 Å². The summed E-state index contributed by atoms with van der Waals surface area (Å²) in [5, 5.41) is 0. The maximum absolute atomic E-state index is 11.7. The topological polar surface area (TPSA) is 72.6 Å². The minimum absolute atomic E-state index is 0.125. The van der Waals surface area contributed by atoms with Crippen molar-refractivity contribution in [1.82, 2.24) is 4.90 Å². The zero-order chi connectivity index (χ0) is 13.8. The zero-order valence-electron chi connectivity index (χ0n) is 11.0. The van der Waals surface area contributed by atoms with Crippen LogP contribution in [-0.4, -0.2) is 30.4 Å². The third kappa shape index (κ3) is 3.12. The summed E-state index contributed by atoms with van der Waals surface area (Å²) in [5.74, 6) is 0.501. The first-order valence-electron chi connectivity index (χ1n) is 6.34. The van der Waals surface area contributed by atoms with Crippen molar-refractivity contribution in [3.8, 4) is 5.75 Å². The molecule has 19 heavy (non-hydrogen) atoms. The van der Waals surface area contributed by atoms with Crippen molar-refractivity contribution in [1.29, 1.82) is 0 Å². The van der Waals surface area contributed by atoms with Gasteiger partial charge in [0.05, 0.1) is 7.11 Å². The molecule has 0 spiro atoms. The van der Waals surface area contributed by atoms with Crippen LogP contribution < -0.4 is 10.5 Å². The average molecular weight is 262 g/mol. The molecule has 1 saturated heterocycles. The molecular formula is C14H18N2O3. The molecule has 0 aromatic heterocycles. The summed E-state index contributed by atoms with van der Waals surface area (Å²) in [6.07, 6.45) is 1.51. The fraction of sp³-hybridized carbons (Fsp3) is 0.429. The van der Waals surface area contributed by atoms with Gasteiger partial charge in [-0.2, -0.15) is 0 Å². The Bertz CT molecular complexity index is 454. The van der Waals surface area contributed by atoms with Gasteiger partial charge >= 0.3 is 0 Å². The fourth-order valence-electron chi connectivity index (χ4n) is 2.16. The molecule has 1 heterocycles. The van der Waals surface area contributed by atoms with E-state index in [4.69, 9.17) is 10.5 Å². The van der Waals surface area contributed by atoms with Gasteiger partial charge in [-0.1, -0.05) is 12.1 Å². The predicted octanol–water partition coefficient (Wildman–Crippen LogP) is 1.23. The molecule has 1 aliphatic heterocycles. The van der Waals surface area contributed by atoms with E-state index in [2.05, 4.69) is 0 Å². The second-order valence-corrected chi connectivity index (χ2v) is 4.63. The first-order chi connectivity index (χ1) is 9.11. The third-order valence-corrected chi connectivity index (χ3v) is 3.31. The van der Waals surface area contributed by atoms with Gasteiger partial charge in [-0.25, -0.2) is 0 Å². The number of nitrogens with zero attached hydrogens (tertiary/aromatic N) is 1. The standard InChI is InChI=1S/C14H18N2O3/c1-19-11-7-5-10(6-8-11)12(15)9-16-13(17)3-2-4-14(16)18/h5-8,12H,2-4,9,15H2,1H3. The number of amides is 2. The van der Waals surface area contributed by atoms with Gasteiger partial charge < -0.3 is 10.5 Å². The number of carbonyl (C=O) groups is 2. The van der Waals surface area contributed by atoms with E-state index in [1.165, 1.54) is 4.90 Å². The smallest absolute Gasteiger partial charge is 0.229 e. The summed E-state index contributed by atoms with van der Waals surface area (Å²) in [5.41, 5.74) is 6.94. The molecule has 5 heteroatoms. The van der Waals surface area contributed by atoms with Crippen LogP contribution in [0.5, 0.6) is 5.75 Å². The van der Waals surface area contributed by atoms with Gasteiger partial charge in [0.15, 0.2) is 0 Å². The Morgan fingerprint density at radius 2 is 1.79 bits per heavy atom. The highest BCUT2D eigenvalue weighted by Gasteiger charge is 2.27. The van der Waals surface area contributed by atoms with Crippen molar-refractivity contribution >= 4 is 11.8 Å². The normalized spacial score (nSPS) is 17.5. The number of benzene rings is 1. The molecule has 1 unspecified atom stereocenters. The molecule has 1 aliphatic rings. The molecule has 2 amide bonds. The minimum Gasteiger partial charge on any atom is -0.497 e. The summed E-state index contributed by atoms with van der Waals surface area (Å²) in [6, 6.07) is 6.96. The van der Waals surface area contributed by atoms with E-state index in [0.717, 1.165) is 11.3 Å². The van der Waals surface area contributed by atoms with Crippen molar-refractivity contribution in [3.05, 3.63) is 29.8 Å². The Hall–Kier alpha value is -1.88. The molecule has 0 aliphatic carbocycles. The van der Waals surface area contributed by atoms with Crippen LogP contribution in [0.25, 0.3) is 0 Å². The second kappa shape index (κ2) is 5.84. The quantitative estimate of drug-likeness (QED) is 0.828. The van der Waals surface area contributed by atoms with Gasteiger partial charge in [-0.05, 0) is 24.1 Å². The van der Waals surface area contributed by atoms with Crippen LogP contribution in [0.4, 0.5) is 0 Å². The van der Waals surface area contributed by atoms with E-state index in [0.29, 0.717) is 19.3 Å². The van der Waals surface area contributed by atoms with Crippen LogP contribution in [0.2, 0.25) is 0 Å². The summed E-state index contributed by atoms with van der Waals surface area (Å²) < 4.78 is 5.07. The Labute approximate surface area is 112 Å². The number of likely N-dealkylation sites (tertiary alicyclic amines) is 1.